The molecule has 1 aliphatic rings. The summed E-state index contributed by atoms with van der Waals surface area (Å²) in [6, 6.07) is 6.39. The highest BCUT2D eigenvalue weighted by Gasteiger charge is 2.24. The number of rotatable bonds is 6. The third-order valence-corrected chi connectivity index (χ3v) is 3.28. The summed E-state index contributed by atoms with van der Waals surface area (Å²) in [5.74, 6) is 0.200. The zero-order chi connectivity index (χ0) is 12.8. The predicted octanol–water partition coefficient (Wildman–Crippen LogP) is 2.54. The Labute approximate surface area is 107 Å². The van der Waals surface area contributed by atoms with Gasteiger partial charge in [0.05, 0.1) is 0 Å². The molecule has 2 N–H and O–H groups in total. The molecule has 1 aromatic rings. The second-order valence-electron chi connectivity index (χ2n) is 4.71. The summed E-state index contributed by atoms with van der Waals surface area (Å²) < 4.78 is 12.9. The van der Waals surface area contributed by atoms with Gasteiger partial charge in [-0.25, -0.2) is 4.39 Å². The van der Waals surface area contributed by atoms with E-state index in [0.29, 0.717) is 6.54 Å². The summed E-state index contributed by atoms with van der Waals surface area (Å²) in [5.41, 5.74) is 0.778. The van der Waals surface area contributed by atoms with Crippen LogP contribution in [0.1, 0.15) is 25.7 Å². The van der Waals surface area contributed by atoms with Crippen LogP contribution in [0, 0.1) is 11.7 Å². The SMILES string of the molecule is O=C(NCCCNc1cccc(F)c1)C1CCC1. The molecule has 0 bridgehead atoms. The molecule has 2 rings (SSSR count). The maximum Gasteiger partial charge on any atom is 0.223 e. The quantitative estimate of drug-likeness (QED) is 0.762. The van der Waals surface area contributed by atoms with Crippen LogP contribution in [0.2, 0.25) is 0 Å². The second-order valence-corrected chi connectivity index (χ2v) is 4.71. The lowest BCUT2D eigenvalue weighted by Crippen LogP contribution is -2.35. The molecule has 0 atom stereocenters. The first kappa shape index (κ1) is 12.9. The molecule has 0 heterocycles. The van der Waals surface area contributed by atoms with Crippen LogP contribution in [0.25, 0.3) is 0 Å². The summed E-state index contributed by atoms with van der Waals surface area (Å²) >= 11 is 0. The topological polar surface area (TPSA) is 41.1 Å². The monoisotopic (exact) mass is 250 g/mol. The molecule has 1 aliphatic carbocycles. The van der Waals surface area contributed by atoms with Crippen LogP contribution in [0.3, 0.4) is 0 Å². The van der Waals surface area contributed by atoms with E-state index in [0.717, 1.165) is 31.5 Å². The van der Waals surface area contributed by atoms with Gasteiger partial charge in [-0.15, -0.1) is 0 Å². The Balaban J connectivity index is 1.57. The van der Waals surface area contributed by atoms with Crippen LogP contribution in [0.5, 0.6) is 0 Å². The van der Waals surface area contributed by atoms with Crippen molar-refractivity contribution in [2.45, 2.75) is 25.7 Å². The molecule has 0 unspecified atom stereocenters. The van der Waals surface area contributed by atoms with Gasteiger partial charge in [0, 0.05) is 24.7 Å². The van der Waals surface area contributed by atoms with E-state index in [4.69, 9.17) is 0 Å². The number of anilines is 1. The van der Waals surface area contributed by atoms with Gasteiger partial charge in [0.2, 0.25) is 5.91 Å². The van der Waals surface area contributed by atoms with E-state index in [1.807, 2.05) is 6.07 Å². The molecule has 0 saturated heterocycles. The molecule has 0 aliphatic heterocycles. The zero-order valence-corrected chi connectivity index (χ0v) is 10.4. The van der Waals surface area contributed by atoms with Crippen molar-refractivity contribution >= 4 is 11.6 Å². The number of carbonyl (C=O) groups is 1. The van der Waals surface area contributed by atoms with Gasteiger partial charge in [0.25, 0.3) is 0 Å². The Bertz CT molecular complexity index is 405. The van der Waals surface area contributed by atoms with Crippen molar-refractivity contribution in [1.29, 1.82) is 0 Å². The normalized spacial score (nSPS) is 14.9. The van der Waals surface area contributed by atoms with Gasteiger partial charge in [0.15, 0.2) is 0 Å². The van der Waals surface area contributed by atoms with Gasteiger partial charge < -0.3 is 10.6 Å². The van der Waals surface area contributed by atoms with E-state index < -0.39 is 0 Å². The number of hydrogen-bond acceptors (Lipinski definition) is 2. The molecular weight excluding hydrogens is 231 g/mol. The molecule has 1 fully saturated rings. The summed E-state index contributed by atoms with van der Waals surface area (Å²) in [7, 11) is 0. The molecule has 18 heavy (non-hydrogen) atoms. The molecule has 0 radical (unpaired) electrons. The van der Waals surface area contributed by atoms with Crippen molar-refractivity contribution in [3.8, 4) is 0 Å². The van der Waals surface area contributed by atoms with Gasteiger partial charge >= 0.3 is 0 Å². The minimum Gasteiger partial charge on any atom is -0.385 e. The van der Waals surface area contributed by atoms with Crippen LogP contribution in [-0.2, 0) is 4.79 Å². The van der Waals surface area contributed by atoms with E-state index >= 15 is 0 Å². The van der Waals surface area contributed by atoms with Gasteiger partial charge in [-0.2, -0.15) is 0 Å². The zero-order valence-electron chi connectivity index (χ0n) is 10.4. The number of nitrogens with one attached hydrogen (secondary N) is 2. The van der Waals surface area contributed by atoms with Gasteiger partial charge in [-0.1, -0.05) is 12.5 Å². The Kier molecular flexibility index (Phi) is 4.56. The van der Waals surface area contributed by atoms with Crippen molar-refractivity contribution in [2.75, 3.05) is 18.4 Å². The van der Waals surface area contributed by atoms with Crippen molar-refractivity contribution in [2.24, 2.45) is 5.92 Å². The summed E-state index contributed by atoms with van der Waals surface area (Å²) in [6.45, 7) is 1.41. The van der Waals surface area contributed by atoms with Crippen LogP contribution < -0.4 is 10.6 Å². The Morgan fingerprint density at radius 3 is 2.83 bits per heavy atom. The minimum absolute atomic E-state index is 0.187. The first-order valence-electron chi connectivity index (χ1n) is 6.53. The average molecular weight is 250 g/mol. The fourth-order valence-corrected chi connectivity index (χ4v) is 1.95. The van der Waals surface area contributed by atoms with E-state index in [1.165, 1.54) is 18.6 Å². The summed E-state index contributed by atoms with van der Waals surface area (Å²) in [5, 5.41) is 6.05. The Morgan fingerprint density at radius 2 is 2.17 bits per heavy atom. The van der Waals surface area contributed by atoms with Crippen LogP contribution >= 0.6 is 0 Å². The van der Waals surface area contributed by atoms with Crippen molar-refractivity contribution < 1.29 is 9.18 Å². The first-order valence-corrected chi connectivity index (χ1v) is 6.53. The Morgan fingerprint density at radius 1 is 1.33 bits per heavy atom. The lowest BCUT2D eigenvalue weighted by Gasteiger charge is -2.24. The number of halogens is 1. The largest absolute Gasteiger partial charge is 0.385 e. The maximum atomic E-state index is 12.9. The van der Waals surface area contributed by atoms with Crippen molar-refractivity contribution in [3.63, 3.8) is 0 Å². The molecule has 4 heteroatoms. The molecule has 1 amide bonds. The molecule has 0 aromatic heterocycles. The van der Waals surface area contributed by atoms with E-state index in [9.17, 15) is 9.18 Å². The fraction of sp³-hybridized carbons (Fsp3) is 0.500. The number of amides is 1. The standard InChI is InChI=1S/C14H19FN2O/c15-12-6-2-7-13(10-12)16-8-3-9-17-14(18)11-4-1-5-11/h2,6-7,10-11,16H,1,3-5,8-9H2,(H,17,18). The lowest BCUT2D eigenvalue weighted by molar-refractivity contribution is -0.127. The van der Waals surface area contributed by atoms with E-state index in [2.05, 4.69) is 10.6 Å². The van der Waals surface area contributed by atoms with Gasteiger partial charge in [0.1, 0.15) is 5.82 Å². The number of carbonyl (C=O) groups excluding carboxylic acids is 1. The van der Waals surface area contributed by atoms with Crippen LogP contribution in [-0.4, -0.2) is 19.0 Å². The number of hydrogen-bond donors (Lipinski definition) is 2. The van der Waals surface area contributed by atoms with Crippen LogP contribution in [0.15, 0.2) is 24.3 Å². The Hall–Kier alpha value is -1.58. The van der Waals surface area contributed by atoms with E-state index in [1.54, 1.807) is 6.07 Å². The molecule has 98 valence electrons. The predicted molar refractivity (Wildman–Crippen MR) is 69.9 cm³/mol. The van der Waals surface area contributed by atoms with Gasteiger partial charge in [-0.3, -0.25) is 4.79 Å². The summed E-state index contributed by atoms with van der Waals surface area (Å²) in [6.07, 6.45) is 4.09. The molecule has 0 spiro atoms. The first-order chi connectivity index (χ1) is 8.75. The highest BCUT2D eigenvalue weighted by molar-refractivity contribution is 5.79. The maximum absolute atomic E-state index is 12.9. The molecule has 1 aromatic carbocycles. The molecule has 1 saturated carbocycles. The second kappa shape index (κ2) is 6.38. The highest BCUT2D eigenvalue weighted by atomic mass is 19.1. The molecular formula is C14H19FN2O. The highest BCUT2D eigenvalue weighted by Crippen LogP contribution is 2.25. The third kappa shape index (κ3) is 3.72. The fourth-order valence-electron chi connectivity index (χ4n) is 1.95. The number of benzene rings is 1. The summed E-state index contributed by atoms with van der Waals surface area (Å²) in [4.78, 5) is 11.5. The van der Waals surface area contributed by atoms with Crippen molar-refractivity contribution in [3.05, 3.63) is 30.1 Å². The van der Waals surface area contributed by atoms with Crippen LogP contribution in [0.4, 0.5) is 10.1 Å². The minimum atomic E-state index is -0.238. The van der Waals surface area contributed by atoms with Gasteiger partial charge in [-0.05, 0) is 37.5 Å². The smallest absolute Gasteiger partial charge is 0.223 e. The van der Waals surface area contributed by atoms with Crippen molar-refractivity contribution in [1.82, 2.24) is 5.32 Å². The lowest BCUT2D eigenvalue weighted by atomic mass is 9.85. The van der Waals surface area contributed by atoms with E-state index in [-0.39, 0.29) is 17.6 Å². The average Bonchev–Trinajstić information content (AvgIpc) is 2.26. The third-order valence-electron chi connectivity index (χ3n) is 3.28. The molecule has 3 nitrogen and oxygen atoms in total.